The summed E-state index contributed by atoms with van der Waals surface area (Å²) in [5.41, 5.74) is 1.49. The van der Waals surface area contributed by atoms with Gasteiger partial charge in [-0.3, -0.25) is 19.6 Å². The number of thiophene rings is 1. The van der Waals surface area contributed by atoms with E-state index in [1.165, 1.54) is 9.42 Å². The topological polar surface area (TPSA) is 83.4 Å². The highest BCUT2D eigenvalue weighted by Gasteiger charge is 2.23. The second kappa shape index (κ2) is 6.81. The number of anilines is 1. The van der Waals surface area contributed by atoms with Crippen LogP contribution in [-0.4, -0.2) is 25.5 Å². The van der Waals surface area contributed by atoms with E-state index in [-0.39, 0.29) is 23.2 Å². The molecule has 27 heavy (non-hydrogen) atoms. The third-order valence-electron chi connectivity index (χ3n) is 4.37. The first-order valence-corrected chi connectivity index (χ1v) is 9.28. The van der Waals surface area contributed by atoms with Crippen LogP contribution < -0.4 is 10.5 Å². The Bertz CT molecular complexity index is 1160. The average Bonchev–Trinajstić information content (AvgIpc) is 3.34. The predicted molar refractivity (Wildman–Crippen MR) is 104 cm³/mol. The van der Waals surface area contributed by atoms with Crippen LogP contribution >= 0.6 is 11.3 Å². The van der Waals surface area contributed by atoms with E-state index in [4.69, 9.17) is 0 Å². The summed E-state index contributed by atoms with van der Waals surface area (Å²) in [5.74, 6) is 0.326. The SMILES string of the molecule is Cc1nc2nc(N(Cc3cccs3)C(=O)c3ccccc3)[nH]n2c(=O)c1C. The smallest absolute Gasteiger partial charge is 0.272 e. The fraction of sp³-hybridized carbons (Fsp3) is 0.158. The third-order valence-corrected chi connectivity index (χ3v) is 5.23. The van der Waals surface area contributed by atoms with E-state index in [9.17, 15) is 9.59 Å². The lowest BCUT2D eigenvalue weighted by Gasteiger charge is -2.19. The number of H-pyrrole nitrogens is 1. The molecule has 0 aliphatic carbocycles. The maximum Gasteiger partial charge on any atom is 0.277 e. The quantitative estimate of drug-likeness (QED) is 0.591. The van der Waals surface area contributed by atoms with Gasteiger partial charge in [-0.25, -0.2) is 4.98 Å². The van der Waals surface area contributed by atoms with Crippen LogP contribution in [0.5, 0.6) is 0 Å². The molecule has 7 nitrogen and oxygen atoms in total. The van der Waals surface area contributed by atoms with E-state index >= 15 is 0 Å². The first kappa shape index (κ1) is 17.2. The molecular weight excluding hydrogens is 362 g/mol. The van der Waals surface area contributed by atoms with Crippen LogP contribution in [0, 0.1) is 13.8 Å². The molecule has 4 rings (SSSR count). The van der Waals surface area contributed by atoms with E-state index in [0.717, 1.165) is 4.88 Å². The number of carbonyl (C=O) groups excluding carboxylic acids is 1. The molecule has 4 aromatic rings. The molecule has 8 heteroatoms. The van der Waals surface area contributed by atoms with Crippen LogP contribution in [0.3, 0.4) is 0 Å². The molecule has 3 aromatic heterocycles. The Kier molecular flexibility index (Phi) is 4.33. The summed E-state index contributed by atoms with van der Waals surface area (Å²) >= 11 is 1.55. The van der Waals surface area contributed by atoms with Crippen molar-refractivity contribution >= 4 is 29.0 Å². The first-order valence-electron chi connectivity index (χ1n) is 8.40. The van der Waals surface area contributed by atoms with Crippen molar-refractivity contribution in [2.45, 2.75) is 20.4 Å². The molecule has 0 saturated heterocycles. The van der Waals surface area contributed by atoms with Crippen LogP contribution in [-0.2, 0) is 6.54 Å². The Morgan fingerprint density at radius 2 is 1.93 bits per heavy atom. The number of benzene rings is 1. The molecule has 0 unspecified atom stereocenters. The van der Waals surface area contributed by atoms with Gasteiger partial charge in [0, 0.05) is 21.7 Å². The Labute approximate surface area is 158 Å². The molecule has 1 aromatic carbocycles. The van der Waals surface area contributed by atoms with Gasteiger partial charge in [-0.05, 0) is 37.4 Å². The van der Waals surface area contributed by atoms with Crippen molar-refractivity contribution in [1.82, 2.24) is 19.6 Å². The summed E-state index contributed by atoms with van der Waals surface area (Å²) in [6.45, 7) is 3.83. The van der Waals surface area contributed by atoms with E-state index in [2.05, 4.69) is 15.1 Å². The zero-order valence-electron chi connectivity index (χ0n) is 14.8. The normalized spacial score (nSPS) is 11.0. The van der Waals surface area contributed by atoms with E-state index in [1.54, 1.807) is 37.3 Å². The van der Waals surface area contributed by atoms with Gasteiger partial charge in [-0.1, -0.05) is 24.3 Å². The minimum Gasteiger partial charge on any atom is -0.272 e. The predicted octanol–water partition coefficient (Wildman–Crippen LogP) is 2.94. The Morgan fingerprint density at radius 3 is 2.63 bits per heavy atom. The number of carbonyl (C=O) groups is 1. The van der Waals surface area contributed by atoms with Crippen molar-refractivity contribution in [3.63, 3.8) is 0 Å². The van der Waals surface area contributed by atoms with E-state index < -0.39 is 0 Å². The summed E-state index contributed by atoms with van der Waals surface area (Å²) < 4.78 is 1.28. The maximum atomic E-state index is 13.1. The van der Waals surface area contributed by atoms with Crippen molar-refractivity contribution in [3.8, 4) is 0 Å². The van der Waals surface area contributed by atoms with Gasteiger partial charge >= 0.3 is 0 Å². The second-order valence-electron chi connectivity index (χ2n) is 6.15. The van der Waals surface area contributed by atoms with Gasteiger partial charge in [0.25, 0.3) is 17.2 Å². The summed E-state index contributed by atoms with van der Waals surface area (Å²) in [6, 6.07) is 12.9. The number of fused-ring (bicyclic) bond motifs is 1. The van der Waals surface area contributed by atoms with Gasteiger partial charge in [-0.15, -0.1) is 11.3 Å². The number of nitrogens with zero attached hydrogens (tertiary/aromatic N) is 4. The zero-order valence-corrected chi connectivity index (χ0v) is 15.7. The molecule has 0 spiro atoms. The summed E-state index contributed by atoms with van der Waals surface area (Å²) in [7, 11) is 0. The minimum absolute atomic E-state index is 0.204. The number of aryl methyl sites for hydroxylation is 1. The molecule has 0 fully saturated rings. The molecule has 0 bridgehead atoms. The molecular formula is C19H17N5O2S. The summed E-state index contributed by atoms with van der Waals surface area (Å²) in [5, 5.41) is 4.89. The standard InChI is InChI=1S/C19H17N5O2S/c1-12-13(2)20-18-21-19(22-24(18)16(12)25)23(11-15-9-6-10-27-15)17(26)14-7-4-3-5-8-14/h3-10H,11H2,1-2H3,(H,20,21,22). The van der Waals surface area contributed by atoms with Crippen molar-refractivity contribution in [3.05, 3.63) is 79.9 Å². The summed E-state index contributed by atoms with van der Waals surface area (Å²) in [6.07, 6.45) is 0. The lowest BCUT2D eigenvalue weighted by atomic mass is 10.2. The van der Waals surface area contributed by atoms with Gasteiger partial charge < -0.3 is 0 Å². The Morgan fingerprint density at radius 1 is 1.15 bits per heavy atom. The number of amides is 1. The van der Waals surface area contributed by atoms with Crippen molar-refractivity contribution in [2.24, 2.45) is 0 Å². The van der Waals surface area contributed by atoms with Gasteiger partial charge in [0.15, 0.2) is 0 Å². The molecule has 0 radical (unpaired) electrons. The van der Waals surface area contributed by atoms with Crippen LogP contribution in [0.15, 0.2) is 52.6 Å². The molecule has 3 heterocycles. The molecule has 0 aliphatic heterocycles. The van der Waals surface area contributed by atoms with Gasteiger partial charge in [-0.2, -0.15) is 9.50 Å². The van der Waals surface area contributed by atoms with Crippen molar-refractivity contribution < 1.29 is 4.79 Å². The highest BCUT2D eigenvalue weighted by molar-refractivity contribution is 7.09. The van der Waals surface area contributed by atoms with Crippen LogP contribution in [0.25, 0.3) is 5.78 Å². The lowest BCUT2D eigenvalue weighted by Crippen LogP contribution is -2.31. The highest BCUT2D eigenvalue weighted by Crippen LogP contribution is 2.19. The maximum absolute atomic E-state index is 13.1. The van der Waals surface area contributed by atoms with E-state index in [1.807, 2.05) is 35.7 Å². The minimum atomic E-state index is -0.223. The monoisotopic (exact) mass is 379 g/mol. The van der Waals surface area contributed by atoms with E-state index in [0.29, 0.717) is 23.4 Å². The number of nitrogens with one attached hydrogen (secondary N) is 1. The Balaban J connectivity index is 1.83. The molecule has 136 valence electrons. The summed E-state index contributed by atoms with van der Waals surface area (Å²) in [4.78, 5) is 36.9. The van der Waals surface area contributed by atoms with Gasteiger partial charge in [0.2, 0.25) is 5.95 Å². The highest BCUT2D eigenvalue weighted by atomic mass is 32.1. The number of aromatic nitrogens is 4. The molecule has 1 N–H and O–H groups in total. The van der Waals surface area contributed by atoms with Crippen molar-refractivity contribution in [1.29, 1.82) is 0 Å². The van der Waals surface area contributed by atoms with Gasteiger partial charge in [0.1, 0.15) is 0 Å². The fourth-order valence-electron chi connectivity index (χ4n) is 2.75. The van der Waals surface area contributed by atoms with Crippen molar-refractivity contribution in [2.75, 3.05) is 4.90 Å². The fourth-order valence-corrected chi connectivity index (χ4v) is 3.44. The number of hydrogen-bond acceptors (Lipinski definition) is 5. The second-order valence-corrected chi connectivity index (χ2v) is 7.18. The molecule has 1 amide bonds. The number of rotatable bonds is 4. The average molecular weight is 379 g/mol. The Hall–Kier alpha value is -3.26. The molecule has 0 atom stereocenters. The largest absolute Gasteiger partial charge is 0.277 e. The van der Waals surface area contributed by atoms with Gasteiger partial charge in [0.05, 0.1) is 6.54 Å². The number of hydrogen-bond donors (Lipinski definition) is 1. The third kappa shape index (κ3) is 3.15. The van der Waals surface area contributed by atoms with Crippen LogP contribution in [0.4, 0.5) is 5.95 Å². The molecule has 0 aliphatic rings. The first-order chi connectivity index (χ1) is 13.0. The molecule has 0 saturated carbocycles. The lowest BCUT2D eigenvalue weighted by molar-refractivity contribution is 0.0983. The van der Waals surface area contributed by atoms with Crippen LogP contribution in [0.1, 0.15) is 26.5 Å². The zero-order chi connectivity index (χ0) is 19.0. The van der Waals surface area contributed by atoms with Crippen LogP contribution in [0.2, 0.25) is 0 Å². The number of aromatic amines is 1.